The Balaban J connectivity index is 3.12. The highest BCUT2D eigenvalue weighted by atomic mass is 35.5. The summed E-state index contributed by atoms with van der Waals surface area (Å²) in [6.45, 7) is 1.72. The first kappa shape index (κ1) is 12.4. The van der Waals surface area contributed by atoms with Gasteiger partial charge in [0.05, 0.1) is 13.7 Å². The zero-order valence-corrected chi connectivity index (χ0v) is 9.58. The van der Waals surface area contributed by atoms with E-state index in [1.54, 1.807) is 6.92 Å². The van der Waals surface area contributed by atoms with Gasteiger partial charge in [-0.1, -0.05) is 11.6 Å². The van der Waals surface area contributed by atoms with E-state index < -0.39 is 11.8 Å². The van der Waals surface area contributed by atoms with Crippen LogP contribution in [0.3, 0.4) is 0 Å². The summed E-state index contributed by atoms with van der Waals surface area (Å²) in [6.07, 6.45) is 1.38. The van der Waals surface area contributed by atoms with E-state index in [4.69, 9.17) is 16.3 Å². The molecule has 0 atom stereocenters. The molecule has 0 aliphatic rings. The van der Waals surface area contributed by atoms with Crippen molar-refractivity contribution in [2.45, 2.75) is 6.92 Å². The van der Waals surface area contributed by atoms with E-state index in [0.29, 0.717) is 0 Å². The van der Waals surface area contributed by atoms with Gasteiger partial charge >= 0.3 is 5.97 Å². The van der Waals surface area contributed by atoms with Crippen molar-refractivity contribution in [2.24, 2.45) is 0 Å². The lowest BCUT2D eigenvalue weighted by molar-refractivity contribution is -0.137. The van der Waals surface area contributed by atoms with Gasteiger partial charge in [-0.25, -0.2) is 9.78 Å². The molecule has 16 heavy (non-hydrogen) atoms. The summed E-state index contributed by atoms with van der Waals surface area (Å²) < 4.78 is 9.50. The number of carbonyl (C=O) groups is 2. The van der Waals surface area contributed by atoms with Gasteiger partial charge in [-0.3, -0.25) is 4.79 Å². The molecular weight excluding hydrogens is 234 g/mol. The summed E-state index contributed by atoms with van der Waals surface area (Å²) in [4.78, 5) is 26.6. The molecule has 0 bridgehead atoms. The number of ketones is 1. The van der Waals surface area contributed by atoms with Gasteiger partial charge in [-0.2, -0.15) is 0 Å². The second-order valence-electron chi connectivity index (χ2n) is 2.73. The molecule has 5 nitrogen and oxygen atoms in total. The molecule has 1 heterocycles. The molecule has 0 spiro atoms. The maximum absolute atomic E-state index is 11.7. The fourth-order valence-electron chi connectivity index (χ4n) is 1.09. The number of halogens is 1. The van der Waals surface area contributed by atoms with Crippen LogP contribution in [0.25, 0.3) is 0 Å². The minimum atomic E-state index is -0.976. The standard InChI is InChI=1S/C10H10ClNO4/c1-3-16-10(14)8(13)7-6(15-2)4-5-12-9(7)11/h4-5H,3H2,1-2H3. The number of carbonyl (C=O) groups excluding carboxylic acids is 2. The fraction of sp³-hybridized carbons (Fsp3) is 0.300. The number of nitrogens with zero attached hydrogens (tertiary/aromatic N) is 1. The minimum Gasteiger partial charge on any atom is -0.496 e. The maximum Gasteiger partial charge on any atom is 0.379 e. The largest absolute Gasteiger partial charge is 0.496 e. The highest BCUT2D eigenvalue weighted by Gasteiger charge is 2.25. The summed E-state index contributed by atoms with van der Waals surface area (Å²) in [5, 5.41) is -0.0857. The van der Waals surface area contributed by atoms with Gasteiger partial charge in [-0.15, -0.1) is 0 Å². The van der Waals surface area contributed by atoms with Crippen molar-refractivity contribution < 1.29 is 19.1 Å². The molecule has 0 saturated carbocycles. The van der Waals surface area contributed by atoms with Crippen molar-refractivity contribution in [3.63, 3.8) is 0 Å². The van der Waals surface area contributed by atoms with Crippen LogP contribution in [0.15, 0.2) is 12.3 Å². The number of aromatic nitrogens is 1. The smallest absolute Gasteiger partial charge is 0.379 e. The number of pyridine rings is 1. The van der Waals surface area contributed by atoms with Crippen LogP contribution < -0.4 is 4.74 Å². The molecule has 1 aromatic heterocycles. The molecule has 86 valence electrons. The first-order valence-electron chi connectivity index (χ1n) is 4.51. The topological polar surface area (TPSA) is 65.5 Å². The SMILES string of the molecule is CCOC(=O)C(=O)c1c(OC)ccnc1Cl. The summed E-state index contributed by atoms with van der Waals surface area (Å²) >= 11 is 5.73. The second-order valence-corrected chi connectivity index (χ2v) is 3.09. The van der Waals surface area contributed by atoms with E-state index in [0.717, 1.165) is 0 Å². The van der Waals surface area contributed by atoms with Gasteiger partial charge in [0.15, 0.2) is 0 Å². The van der Waals surface area contributed by atoms with E-state index in [-0.39, 0.29) is 23.1 Å². The van der Waals surface area contributed by atoms with Crippen molar-refractivity contribution in [2.75, 3.05) is 13.7 Å². The number of esters is 1. The Kier molecular flexibility index (Phi) is 4.25. The number of ether oxygens (including phenoxy) is 2. The summed E-state index contributed by atoms with van der Waals surface area (Å²) in [7, 11) is 1.37. The van der Waals surface area contributed by atoms with Crippen LogP contribution in [0.1, 0.15) is 17.3 Å². The minimum absolute atomic E-state index is 0.0786. The number of Topliss-reactive ketones (excluding diaryl/α,β-unsaturated/α-hetero) is 1. The zero-order chi connectivity index (χ0) is 12.1. The van der Waals surface area contributed by atoms with Gasteiger partial charge in [0.1, 0.15) is 16.5 Å². The monoisotopic (exact) mass is 243 g/mol. The van der Waals surface area contributed by atoms with E-state index in [1.165, 1.54) is 19.4 Å². The molecule has 0 aromatic carbocycles. The lowest BCUT2D eigenvalue weighted by Crippen LogP contribution is -2.19. The number of hydrogen-bond donors (Lipinski definition) is 0. The van der Waals surface area contributed by atoms with E-state index >= 15 is 0 Å². The molecular formula is C10H10ClNO4. The van der Waals surface area contributed by atoms with Crippen molar-refractivity contribution in [1.82, 2.24) is 4.98 Å². The van der Waals surface area contributed by atoms with Crippen molar-refractivity contribution >= 4 is 23.4 Å². The molecule has 0 saturated heterocycles. The summed E-state index contributed by atoms with van der Waals surface area (Å²) in [5.41, 5.74) is -0.0786. The Morgan fingerprint density at radius 2 is 2.19 bits per heavy atom. The third-order valence-electron chi connectivity index (χ3n) is 1.77. The molecule has 0 aliphatic heterocycles. The van der Waals surface area contributed by atoms with Crippen LogP contribution in [0.2, 0.25) is 5.15 Å². The maximum atomic E-state index is 11.7. The van der Waals surface area contributed by atoms with E-state index in [2.05, 4.69) is 9.72 Å². The predicted molar refractivity (Wildman–Crippen MR) is 56.8 cm³/mol. The predicted octanol–water partition coefficient (Wildman–Crippen LogP) is 1.49. The van der Waals surface area contributed by atoms with Crippen molar-refractivity contribution in [3.8, 4) is 5.75 Å². The highest BCUT2D eigenvalue weighted by molar-refractivity contribution is 6.45. The van der Waals surface area contributed by atoms with Gasteiger partial charge in [0, 0.05) is 6.20 Å². The molecule has 1 aromatic rings. The Labute approximate surface area is 97.3 Å². The third-order valence-corrected chi connectivity index (χ3v) is 2.06. The van der Waals surface area contributed by atoms with Crippen LogP contribution in [-0.4, -0.2) is 30.5 Å². The molecule has 1 rings (SSSR count). The Morgan fingerprint density at radius 3 is 2.75 bits per heavy atom. The Bertz CT molecular complexity index is 419. The summed E-state index contributed by atoms with van der Waals surface area (Å²) in [6, 6.07) is 1.44. The van der Waals surface area contributed by atoms with Gasteiger partial charge in [0.2, 0.25) is 0 Å². The van der Waals surface area contributed by atoms with E-state index in [9.17, 15) is 9.59 Å². The average Bonchev–Trinajstić information content (AvgIpc) is 2.28. The lowest BCUT2D eigenvalue weighted by atomic mass is 10.1. The quantitative estimate of drug-likeness (QED) is 0.347. The second kappa shape index (κ2) is 5.46. The van der Waals surface area contributed by atoms with Crippen LogP contribution in [0.5, 0.6) is 5.75 Å². The van der Waals surface area contributed by atoms with Crippen LogP contribution in [-0.2, 0) is 9.53 Å². The number of methoxy groups -OCH3 is 1. The summed E-state index contributed by atoms with van der Waals surface area (Å²) in [5.74, 6) is -1.65. The van der Waals surface area contributed by atoms with E-state index in [1.807, 2.05) is 0 Å². The molecule has 0 radical (unpaired) electrons. The fourth-order valence-corrected chi connectivity index (χ4v) is 1.33. The molecule has 0 unspecified atom stereocenters. The first-order chi connectivity index (χ1) is 7.61. The van der Waals surface area contributed by atoms with Gasteiger partial charge in [0.25, 0.3) is 5.78 Å². The molecule has 0 amide bonds. The van der Waals surface area contributed by atoms with Crippen molar-refractivity contribution in [1.29, 1.82) is 0 Å². The normalized spacial score (nSPS) is 9.69. The number of hydrogen-bond acceptors (Lipinski definition) is 5. The third kappa shape index (κ3) is 2.49. The molecule has 0 aliphatic carbocycles. The van der Waals surface area contributed by atoms with Crippen LogP contribution >= 0.6 is 11.6 Å². The highest BCUT2D eigenvalue weighted by Crippen LogP contribution is 2.24. The molecule has 6 heteroatoms. The molecule has 0 fully saturated rings. The average molecular weight is 244 g/mol. The molecule has 0 N–H and O–H groups in total. The van der Waals surface area contributed by atoms with Gasteiger partial charge < -0.3 is 9.47 Å². The zero-order valence-electron chi connectivity index (χ0n) is 8.82. The van der Waals surface area contributed by atoms with Crippen LogP contribution in [0.4, 0.5) is 0 Å². The van der Waals surface area contributed by atoms with Crippen LogP contribution in [0, 0.1) is 0 Å². The Hall–Kier alpha value is -1.62. The lowest BCUT2D eigenvalue weighted by Gasteiger charge is -2.07. The van der Waals surface area contributed by atoms with Gasteiger partial charge in [-0.05, 0) is 13.0 Å². The van der Waals surface area contributed by atoms with Crippen molar-refractivity contribution in [3.05, 3.63) is 23.0 Å². The first-order valence-corrected chi connectivity index (χ1v) is 4.89. The Morgan fingerprint density at radius 1 is 1.50 bits per heavy atom. The number of rotatable bonds is 4.